The largest absolute Gasteiger partial charge is 0.288 e. The van der Waals surface area contributed by atoms with Crippen molar-refractivity contribution in [3.8, 4) is 0 Å². The van der Waals surface area contributed by atoms with Gasteiger partial charge in [-0.15, -0.1) is 11.3 Å². The average molecular weight is 324 g/mol. The normalized spacial score (nSPS) is 12.3. The van der Waals surface area contributed by atoms with E-state index in [9.17, 15) is 18.4 Å². The van der Waals surface area contributed by atoms with Gasteiger partial charge in [0.1, 0.15) is 11.6 Å². The third-order valence-corrected chi connectivity index (χ3v) is 5.50. The van der Waals surface area contributed by atoms with Gasteiger partial charge in [-0.3, -0.25) is 9.59 Å². The molecule has 0 saturated carbocycles. The van der Waals surface area contributed by atoms with E-state index in [1.807, 2.05) is 0 Å². The lowest BCUT2D eigenvalue weighted by molar-refractivity contribution is 0.629. The molecule has 5 rings (SSSR count). The molecule has 1 heterocycles. The Balaban J connectivity index is 2.17. The summed E-state index contributed by atoms with van der Waals surface area (Å²) >= 11 is 1.11. The predicted octanol–water partition coefficient (Wildman–Crippen LogP) is 4.24. The lowest BCUT2D eigenvalue weighted by Crippen LogP contribution is -1.94. The lowest BCUT2D eigenvalue weighted by atomic mass is 10.1. The first-order chi connectivity index (χ1) is 11.1. The van der Waals surface area contributed by atoms with Gasteiger partial charge >= 0.3 is 0 Å². The fraction of sp³-hybridized carbons (Fsp3) is 0. The van der Waals surface area contributed by atoms with E-state index in [-0.39, 0.29) is 10.9 Å². The molecule has 5 aromatic rings. The highest BCUT2D eigenvalue weighted by atomic mass is 32.1. The first-order valence-electron chi connectivity index (χ1n) is 6.92. The molecule has 0 N–H and O–H groups in total. The summed E-state index contributed by atoms with van der Waals surface area (Å²) in [7, 11) is 0. The van der Waals surface area contributed by atoms with Crippen molar-refractivity contribution < 1.29 is 8.78 Å². The summed E-state index contributed by atoms with van der Waals surface area (Å²) in [6.45, 7) is 0. The van der Waals surface area contributed by atoms with Crippen molar-refractivity contribution in [2.75, 3.05) is 0 Å². The van der Waals surface area contributed by atoms with Gasteiger partial charge in [-0.05, 0) is 35.0 Å². The number of fused-ring (bicyclic) bond motifs is 7. The molecular weight excluding hydrogens is 318 g/mol. The van der Waals surface area contributed by atoms with E-state index in [2.05, 4.69) is 0 Å². The van der Waals surface area contributed by atoms with Crippen LogP contribution >= 0.6 is 11.3 Å². The van der Waals surface area contributed by atoms with Crippen LogP contribution in [0.2, 0.25) is 0 Å². The SMILES string of the molecule is O=c1c2cc(F)ccc2c2c1sc1c(=O)c3cc(F)ccc3c12. The van der Waals surface area contributed by atoms with E-state index in [1.54, 1.807) is 12.1 Å². The van der Waals surface area contributed by atoms with E-state index in [0.717, 1.165) is 11.3 Å². The molecule has 23 heavy (non-hydrogen) atoms. The van der Waals surface area contributed by atoms with Gasteiger partial charge in [0.05, 0.1) is 9.40 Å². The van der Waals surface area contributed by atoms with Crippen LogP contribution in [0.25, 0.3) is 41.7 Å². The fourth-order valence-corrected chi connectivity index (χ4v) is 4.59. The second kappa shape index (κ2) is 4.00. The lowest BCUT2D eigenvalue weighted by Gasteiger charge is -1.93. The fourth-order valence-electron chi connectivity index (χ4n) is 3.35. The van der Waals surface area contributed by atoms with Crippen LogP contribution in [0.15, 0.2) is 46.0 Å². The average Bonchev–Trinajstić information content (AvgIpc) is 3.11. The van der Waals surface area contributed by atoms with E-state index in [4.69, 9.17) is 0 Å². The Kier molecular flexibility index (Phi) is 2.23. The Morgan fingerprint density at radius 2 is 1.09 bits per heavy atom. The van der Waals surface area contributed by atoms with E-state index in [1.165, 1.54) is 24.3 Å². The molecule has 4 aromatic carbocycles. The Morgan fingerprint density at radius 3 is 1.52 bits per heavy atom. The molecule has 0 fully saturated rings. The summed E-state index contributed by atoms with van der Waals surface area (Å²) in [5.41, 5.74) is -0.518. The molecule has 0 saturated heterocycles. The van der Waals surface area contributed by atoms with Gasteiger partial charge in [-0.1, -0.05) is 12.1 Å². The second-order valence-electron chi connectivity index (χ2n) is 5.55. The second-order valence-corrected chi connectivity index (χ2v) is 6.57. The van der Waals surface area contributed by atoms with Gasteiger partial charge in [0, 0.05) is 21.5 Å². The summed E-state index contributed by atoms with van der Waals surface area (Å²) in [6, 6.07) is 8.17. The smallest absolute Gasteiger partial charge is 0.204 e. The van der Waals surface area contributed by atoms with Crippen LogP contribution in [0, 0.1) is 11.6 Å². The zero-order valence-electron chi connectivity index (χ0n) is 11.4. The standard InChI is InChI=1S/C18H6F2O2S/c19-7-1-3-9-11(5-7)15(21)17-13(9)14-10-4-2-8(20)6-12(10)16(22)18(14)23-17/h1-6H. The van der Waals surface area contributed by atoms with E-state index < -0.39 is 11.6 Å². The summed E-state index contributed by atoms with van der Waals surface area (Å²) in [5, 5.41) is 3.24. The minimum atomic E-state index is -0.470. The number of hydrogen-bond donors (Lipinski definition) is 0. The molecule has 2 nitrogen and oxygen atoms in total. The van der Waals surface area contributed by atoms with Gasteiger partial charge in [0.2, 0.25) is 10.9 Å². The molecule has 0 bridgehead atoms. The molecule has 1 aromatic heterocycles. The maximum Gasteiger partial charge on any atom is 0.204 e. The topological polar surface area (TPSA) is 34.1 Å². The quantitative estimate of drug-likeness (QED) is 0.427. The molecule has 0 aliphatic heterocycles. The third-order valence-electron chi connectivity index (χ3n) is 4.31. The van der Waals surface area contributed by atoms with Crippen molar-refractivity contribution in [2.24, 2.45) is 0 Å². The van der Waals surface area contributed by atoms with Crippen molar-refractivity contribution in [3.05, 3.63) is 68.5 Å². The van der Waals surface area contributed by atoms with Crippen LogP contribution in [0.1, 0.15) is 0 Å². The van der Waals surface area contributed by atoms with Crippen LogP contribution in [-0.2, 0) is 0 Å². The molecule has 0 spiro atoms. The maximum atomic E-state index is 13.4. The zero-order valence-corrected chi connectivity index (χ0v) is 12.3. The van der Waals surface area contributed by atoms with Crippen LogP contribution < -0.4 is 10.9 Å². The highest BCUT2D eigenvalue weighted by molar-refractivity contribution is 7.26. The molecule has 110 valence electrons. The summed E-state index contributed by atoms with van der Waals surface area (Å²) in [4.78, 5) is 25.0. The minimum Gasteiger partial charge on any atom is -0.288 e. The molecule has 0 unspecified atom stereocenters. The van der Waals surface area contributed by atoms with Crippen LogP contribution in [0.3, 0.4) is 0 Å². The van der Waals surface area contributed by atoms with Crippen molar-refractivity contribution in [1.29, 1.82) is 0 Å². The van der Waals surface area contributed by atoms with Crippen LogP contribution in [-0.4, -0.2) is 0 Å². The third kappa shape index (κ3) is 1.45. The molecule has 0 aliphatic rings. The molecule has 0 radical (unpaired) electrons. The molecule has 0 atom stereocenters. The van der Waals surface area contributed by atoms with E-state index >= 15 is 0 Å². The summed E-state index contributed by atoms with van der Waals surface area (Å²) in [6.07, 6.45) is 0. The number of halogens is 2. The van der Waals surface area contributed by atoms with Crippen molar-refractivity contribution >= 4 is 53.1 Å². The number of benzene rings is 2. The Labute approximate surface area is 130 Å². The minimum absolute atomic E-state index is 0.259. The van der Waals surface area contributed by atoms with Gasteiger partial charge < -0.3 is 0 Å². The maximum absolute atomic E-state index is 13.4. The first-order valence-corrected chi connectivity index (χ1v) is 7.74. The van der Waals surface area contributed by atoms with Gasteiger partial charge in [-0.2, -0.15) is 0 Å². The van der Waals surface area contributed by atoms with Gasteiger partial charge in [0.25, 0.3) is 0 Å². The van der Waals surface area contributed by atoms with Gasteiger partial charge in [0.15, 0.2) is 0 Å². The highest BCUT2D eigenvalue weighted by Gasteiger charge is 2.22. The monoisotopic (exact) mass is 324 g/mol. The predicted molar refractivity (Wildman–Crippen MR) is 89.2 cm³/mol. The summed E-state index contributed by atoms with van der Waals surface area (Å²) in [5.74, 6) is -0.940. The number of thiophene rings is 1. The van der Waals surface area contributed by atoms with E-state index in [0.29, 0.717) is 41.7 Å². The molecule has 0 amide bonds. The number of hydrogen-bond acceptors (Lipinski definition) is 3. The highest BCUT2D eigenvalue weighted by Crippen LogP contribution is 2.40. The van der Waals surface area contributed by atoms with Crippen LogP contribution in [0.5, 0.6) is 0 Å². The first kappa shape index (κ1) is 12.8. The molecular formula is C18H6F2O2S. The molecule has 0 aliphatic carbocycles. The zero-order chi connectivity index (χ0) is 15.9. The van der Waals surface area contributed by atoms with Crippen molar-refractivity contribution in [2.45, 2.75) is 0 Å². The Hall–Kier alpha value is -2.66. The van der Waals surface area contributed by atoms with Gasteiger partial charge in [-0.25, -0.2) is 8.78 Å². The molecule has 5 heteroatoms. The van der Waals surface area contributed by atoms with Crippen molar-refractivity contribution in [1.82, 2.24) is 0 Å². The summed E-state index contributed by atoms with van der Waals surface area (Å²) < 4.78 is 27.8. The van der Waals surface area contributed by atoms with Crippen molar-refractivity contribution in [3.63, 3.8) is 0 Å². The number of rotatable bonds is 0. The Morgan fingerprint density at radius 1 is 0.652 bits per heavy atom. The van der Waals surface area contributed by atoms with Crippen LogP contribution in [0.4, 0.5) is 8.78 Å². The Bertz CT molecular complexity index is 1270.